The van der Waals surface area contributed by atoms with Crippen LogP contribution in [0.25, 0.3) is 0 Å². The van der Waals surface area contributed by atoms with Gasteiger partial charge in [0.15, 0.2) is 11.5 Å². The molecule has 3 N–H and O–H groups in total. The van der Waals surface area contributed by atoms with Gasteiger partial charge in [0.05, 0.1) is 17.1 Å². The van der Waals surface area contributed by atoms with Crippen LogP contribution in [0.5, 0.6) is 0 Å². The summed E-state index contributed by atoms with van der Waals surface area (Å²) < 4.78 is 5.40. The second kappa shape index (κ2) is 6.21. The third-order valence-corrected chi connectivity index (χ3v) is 4.78. The molecule has 4 rings (SSSR count). The first-order valence-electron chi connectivity index (χ1n) is 8.27. The number of fused-ring (bicyclic) bond motifs is 1. The van der Waals surface area contributed by atoms with Gasteiger partial charge in [0, 0.05) is 11.1 Å². The highest BCUT2D eigenvalue weighted by Gasteiger charge is 2.43. The van der Waals surface area contributed by atoms with Gasteiger partial charge in [-0.3, -0.25) is 9.59 Å². The Morgan fingerprint density at radius 3 is 2.21 bits per heavy atom. The molecule has 0 bridgehead atoms. The predicted octanol–water partition coefficient (Wildman–Crippen LogP) is 2.53. The molecule has 0 saturated carbocycles. The molecule has 7 heteroatoms. The molecule has 1 atom stereocenters. The molecule has 136 valence electrons. The zero-order chi connectivity index (χ0) is 20.0. The van der Waals surface area contributed by atoms with Crippen LogP contribution in [-0.4, -0.2) is 22.6 Å². The largest absolute Gasteiger partial charge is 0.478 e. The van der Waals surface area contributed by atoms with Crippen molar-refractivity contribution in [1.29, 1.82) is 5.26 Å². The van der Waals surface area contributed by atoms with Gasteiger partial charge in [-0.1, -0.05) is 36.4 Å². The lowest BCUT2D eigenvalue weighted by Crippen LogP contribution is -2.32. The molecule has 2 aromatic rings. The summed E-state index contributed by atoms with van der Waals surface area (Å²) in [7, 11) is 0. The summed E-state index contributed by atoms with van der Waals surface area (Å²) in [5, 5.41) is 18.7. The van der Waals surface area contributed by atoms with E-state index >= 15 is 0 Å². The predicted molar refractivity (Wildman–Crippen MR) is 96.2 cm³/mol. The molecule has 0 spiro atoms. The number of carbonyl (C=O) groups excluding carboxylic acids is 2. The lowest BCUT2D eigenvalue weighted by molar-refractivity contribution is 0.0696. The number of carboxylic acid groups (broad SMARTS) is 1. The van der Waals surface area contributed by atoms with Crippen molar-refractivity contribution in [2.75, 3.05) is 0 Å². The average Bonchev–Trinajstić information content (AvgIpc) is 2.71. The number of Topliss-reactive ketones (excluding diaryl/α,β-unsaturated/α-hetero) is 2. The van der Waals surface area contributed by atoms with Crippen molar-refractivity contribution in [3.63, 3.8) is 0 Å². The molecule has 0 fully saturated rings. The van der Waals surface area contributed by atoms with Gasteiger partial charge in [-0.05, 0) is 17.7 Å². The summed E-state index contributed by atoms with van der Waals surface area (Å²) in [6, 6.07) is 14.0. The highest BCUT2D eigenvalue weighted by Crippen LogP contribution is 2.43. The van der Waals surface area contributed by atoms with Crippen LogP contribution in [0.15, 0.2) is 71.3 Å². The number of carboxylic acids is 1. The molecule has 2 aliphatic rings. The van der Waals surface area contributed by atoms with Gasteiger partial charge in [-0.2, -0.15) is 5.26 Å². The molecular formula is C21H12N2O5. The highest BCUT2D eigenvalue weighted by atomic mass is 16.5. The number of nitrogens with two attached hydrogens (primary N) is 1. The second-order valence-electron chi connectivity index (χ2n) is 6.30. The molecule has 0 saturated heterocycles. The molecular weight excluding hydrogens is 360 g/mol. The van der Waals surface area contributed by atoms with Crippen LogP contribution in [0.2, 0.25) is 0 Å². The number of rotatable bonds is 2. The van der Waals surface area contributed by atoms with Crippen LogP contribution in [0.4, 0.5) is 0 Å². The molecule has 1 aliphatic heterocycles. The number of carbonyl (C=O) groups is 3. The minimum absolute atomic E-state index is 0.0117. The zero-order valence-corrected chi connectivity index (χ0v) is 14.3. The van der Waals surface area contributed by atoms with Crippen LogP contribution >= 0.6 is 0 Å². The summed E-state index contributed by atoms with van der Waals surface area (Å²) >= 11 is 0. The zero-order valence-electron chi connectivity index (χ0n) is 14.3. The van der Waals surface area contributed by atoms with E-state index in [-0.39, 0.29) is 39.5 Å². The van der Waals surface area contributed by atoms with Crippen molar-refractivity contribution in [2.45, 2.75) is 5.92 Å². The van der Waals surface area contributed by atoms with Crippen molar-refractivity contribution in [2.24, 2.45) is 5.73 Å². The van der Waals surface area contributed by atoms with E-state index in [1.165, 1.54) is 36.4 Å². The first-order valence-corrected chi connectivity index (χ1v) is 8.27. The standard InChI is InChI=1S/C21H12N2O5/c22-9-14-15(10-5-7-11(8-6-10)21(26)27)16-17(24)12-3-1-2-4-13(12)18(25)19(16)28-20(14)23/h1-8,15H,23H2,(H,26,27). The SMILES string of the molecule is N#CC1=C(N)OC2=C(C(=O)c3ccccc3C2=O)C1c1ccc(C(=O)O)cc1. The fourth-order valence-electron chi connectivity index (χ4n) is 3.46. The Bertz CT molecular complexity index is 1170. The number of nitrogens with zero attached hydrogens (tertiary/aromatic N) is 1. The van der Waals surface area contributed by atoms with Gasteiger partial charge in [0.1, 0.15) is 11.6 Å². The number of aromatic carboxylic acids is 1. The Hall–Kier alpha value is -4.18. The van der Waals surface area contributed by atoms with E-state index in [4.69, 9.17) is 15.6 Å². The maximum Gasteiger partial charge on any atom is 0.335 e. The summed E-state index contributed by atoms with van der Waals surface area (Å²) in [4.78, 5) is 37.2. The van der Waals surface area contributed by atoms with Crippen LogP contribution in [0.3, 0.4) is 0 Å². The Balaban J connectivity index is 1.93. The number of ketones is 2. The lowest BCUT2D eigenvalue weighted by Gasteiger charge is -2.30. The van der Waals surface area contributed by atoms with Crippen molar-refractivity contribution in [1.82, 2.24) is 0 Å². The third-order valence-electron chi connectivity index (χ3n) is 4.78. The van der Waals surface area contributed by atoms with Crippen LogP contribution in [0, 0.1) is 11.3 Å². The summed E-state index contributed by atoms with van der Waals surface area (Å²) in [6.45, 7) is 0. The van der Waals surface area contributed by atoms with E-state index in [1.807, 2.05) is 6.07 Å². The van der Waals surface area contributed by atoms with Crippen LogP contribution in [-0.2, 0) is 4.74 Å². The quantitative estimate of drug-likeness (QED) is 0.828. The monoisotopic (exact) mass is 372 g/mol. The molecule has 28 heavy (non-hydrogen) atoms. The minimum atomic E-state index is -1.10. The van der Waals surface area contributed by atoms with E-state index < -0.39 is 23.5 Å². The number of benzene rings is 2. The van der Waals surface area contributed by atoms with Crippen molar-refractivity contribution in [3.8, 4) is 6.07 Å². The van der Waals surface area contributed by atoms with Gasteiger partial charge in [0.25, 0.3) is 0 Å². The molecule has 0 radical (unpaired) electrons. The van der Waals surface area contributed by atoms with Crippen molar-refractivity contribution in [3.05, 3.63) is 93.6 Å². The highest BCUT2D eigenvalue weighted by molar-refractivity contribution is 6.27. The van der Waals surface area contributed by atoms with Gasteiger partial charge in [0.2, 0.25) is 11.7 Å². The Morgan fingerprint density at radius 2 is 1.64 bits per heavy atom. The molecule has 0 aromatic heterocycles. The van der Waals surface area contributed by atoms with Gasteiger partial charge >= 0.3 is 5.97 Å². The molecule has 0 amide bonds. The number of allylic oxidation sites excluding steroid dienone is 3. The van der Waals surface area contributed by atoms with E-state index in [2.05, 4.69) is 0 Å². The van der Waals surface area contributed by atoms with Crippen LogP contribution < -0.4 is 5.73 Å². The topological polar surface area (TPSA) is 130 Å². The Kier molecular flexibility index (Phi) is 3.83. The second-order valence-corrected chi connectivity index (χ2v) is 6.30. The van der Waals surface area contributed by atoms with E-state index in [0.29, 0.717) is 5.56 Å². The van der Waals surface area contributed by atoms with Gasteiger partial charge < -0.3 is 15.6 Å². The summed E-state index contributed by atoms with van der Waals surface area (Å²) in [5.74, 6) is -3.41. The number of ether oxygens (including phenoxy) is 1. The smallest absolute Gasteiger partial charge is 0.335 e. The first-order chi connectivity index (χ1) is 13.4. The molecule has 1 heterocycles. The Morgan fingerprint density at radius 1 is 1.04 bits per heavy atom. The molecule has 2 aromatic carbocycles. The fourth-order valence-corrected chi connectivity index (χ4v) is 3.46. The van der Waals surface area contributed by atoms with E-state index in [0.717, 1.165) is 0 Å². The normalized spacial score (nSPS) is 18.2. The maximum atomic E-state index is 13.2. The fraction of sp³-hybridized carbons (Fsp3) is 0.0476. The van der Waals surface area contributed by atoms with Gasteiger partial charge in [-0.15, -0.1) is 0 Å². The van der Waals surface area contributed by atoms with E-state index in [1.54, 1.807) is 12.1 Å². The number of hydrogen-bond donors (Lipinski definition) is 2. The summed E-state index contributed by atoms with van der Waals surface area (Å²) in [6.07, 6.45) is 0. The lowest BCUT2D eigenvalue weighted by atomic mass is 9.75. The third kappa shape index (κ3) is 2.40. The van der Waals surface area contributed by atoms with Crippen molar-refractivity contribution < 1.29 is 24.2 Å². The molecule has 7 nitrogen and oxygen atoms in total. The summed E-state index contributed by atoms with van der Waals surface area (Å²) in [5.41, 5.74) is 6.83. The van der Waals surface area contributed by atoms with E-state index in [9.17, 15) is 19.6 Å². The molecule has 1 unspecified atom stereocenters. The minimum Gasteiger partial charge on any atom is -0.478 e. The number of nitriles is 1. The Labute approximate surface area is 159 Å². The average molecular weight is 372 g/mol. The molecule has 1 aliphatic carbocycles. The maximum absolute atomic E-state index is 13.2. The first kappa shape index (κ1) is 17.2. The van der Waals surface area contributed by atoms with Crippen LogP contribution in [0.1, 0.15) is 42.6 Å². The number of hydrogen-bond acceptors (Lipinski definition) is 6. The van der Waals surface area contributed by atoms with Crippen molar-refractivity contribution >= 4 is 17.5 Å². The van der Waals surface area contributed by atoms with Gasteiger partial charge in [-0.25, -0.2) is 4.79 Å².